The standard InChI is InChI=1S/C18H19ClN2O4S/c19-26(23,24)13-16-10-21(11-17(16)15-7-4-8-20-9-15)18(22)25-12-14-5-2-1-3-6-14/h1-9,16-17H,10-13H2. The van der Waals surface area contributed by atoms with Gasteiger partial charge in [0.05, 0.1) is 5.75 Å². The first kappa shape index (κ1) is 18.7. The molecule has 1 aromatic heterocycles. The SMILES string of the molecule is O=C(OCc1ccccc1)N1CC(CS(=O)(=O)Cl)C(c2cccnc2)C1. The molecule has 1 saturated heterocycles. The van der Waals surface area contributed by atoms with Gasteiger partial charge in [-0.1, -0.05) is 36.4 Å². The quantitative estimate of drug-likeness (QED) is 0.728. The van der Waals surface area contributed by atoms with Crippen molar-refractivity contribution < 1.29 is 17.9 Å². The van der Waals surface area contributed by atoms with Gasteiger partial charge in [-0.2, -0.15) is 0 Å². The van der Waals surface area contributed by atoms with Gasteiger partial charge < -0.3 is 9.64 Å². The van der Waals surface area contributed by atoms with Crippen molar-refractivity contribution in [3.63, 3.8) is 0 Å². The molecule has 2 heterocycles. The molecule has 0 radical (unpaired) electrons. The summed E-state index contributed by atoms with van der Waals surface area (Å²) in [7, 11) is 1.78. The molecule has 3 rings (SSSR count). The third kappa shape index (κ3) is 4.95. The van der Waals surface area contributed by atoms with Crippen LogP contribution in [0, 0.1) is 5.92 Å². The molecule has 1 fully saturated rings. The lowest BCUT2D eigenvalue weighted by atomic mass is 9.91. The van der Waals surface area contributed by atoms with E-state index in [0.29, 0.717) is 6.54 Å². The van der Waals surface area contributed by atoms with Crippen molar-refractivity contribution >= 4 is 25.8 Å². The Bertz CT molecular complexity index is 846. The van der Waals surface area contributed by atoms with Gasteiger partial charge in [-0.05, 0) is 17.2 Å². The number of pyridine rings is 1. The largest absolute Gasteiger partial charge is 0.445 e. The Morgan fingerprint density at radius 1 is 1.19 bits per heavy atom. The number of amides is 1. The van der Waals surface area contributed by atoms with Crippen LogP contribution in [0.25, 0.3) is 0 Å². The van der Waals surface area contributed by atoms with Crippen LogP contribution in [-0.4, -0.2) is 43.2 Å². The minimum absolute atomic E-state index is 0.151. The van der Waals surface area contributed by atoms with Crippen LogP contribution in [0.4, 0.5) is 4.79 Å². The summed E-state index contributed by atoms with van der Waals surface area (Å²) in [5, 5.41) is 0. The van der Waals surface area contributed by atoms with Crippen molar-refractivity contribution in [2.75, 3.05) is 18.8 Å². The fourth-order valence-electron chi connectivity index (χ4n) is 3.23. The van der Waals surface area contributed by atoms with Crippen molar-refractivity contribution in [3.8, 4) is 0 Å². The summed E-state index contributed by atoms with van der Waals surface area (Å²) < 4.78 is 28.5. The predicted molar refractivity (Wildman–Crippen MR) is 98.3 cm³/mol. The average molecular weight is 395 g/mol. The van der Waals surface area contributed by atoms with Crippen molar-refractivity contribution in [2.24, 2.45) is 5.92 Å². The minimum atomic E-state index is -3.68. The highest BCUT2D eigenvalue weighted by molar-refractivity contribution is 8.13. The second kappa shape index (κ2) is 8.05. The molecule has 0 N–H and O–H groups in total. The highest BCUT2D eigenvalue weighted by atomic mass is 35.7. The van der Waals surface area contributed by atoms with E-state index >= 15 is 0 Å². The number of carbonyl (C=O) groups is 1. The molecule has 0 aliphatic carbocycles. The van der Waals surface area contributed by atoms with E-state index in [1.807, 2.05) is 36.4 Å². The first-order valence-electron chi connectivity index (χ1n) is 8.20. The maximum Gasteiger partial charge on any atom is 0.410 e. The van der Waals surface area contributed by atoms with Crippen LogP contribution in [0.5, 0.6) is 0 Å². The molecule has 1 aliphatic rings. The van der Waals surface area contributed by atoms with Crippen LogP contribution in [-0.2, 0) is 20.4 Å². The van der Waals surface area contributed by atoms with Gasteiger partial charge in [0.2, 0.25) is 9.05 Å². The molecule has 26 heavy (non-hydrogen) atoms. The number of likely N-dealkylation sites (tertiary alicyclic amines) is 1. The summed E-state index contributed by atoms with van der Waals surface area (Å²) in [5.41, 5.74) is 1.78. The number of hydrogen-bond acceptors (Lipinski definition) is 5. The molecule has 6 nitrogen and oxygen atoms in total. The van der Waals surface area contributed by atoms with Gasteiger partial charge in [-0.15, -0.1) is 0 Å². The van der Waals surface area contributed by atoms with Gasteiger partial charge in [-0.3, -0.25) is 4.98 Å². The van der Waals surface area contributed by atoms with E-state index in [9.17, 15) is 13.2 Å². The first-order chi connectivity index (χ1) is 12.4. The molecule has 2 unspecified atom stereocenters. The Labute approximate surface area is 157 Å². The predicted octanol–water partition coefficient (Wildman–Crippen LogP) is 3.00. The van der Waals surface area contributed by atoms with Crippen LogP contribution in [0.3, 0.4) is 0 Å². The first-order valence-corrected chi connectivity index (χ1v) is 10.7. The molecule has 1 aromatic carbocycles. The Hall–Kier alpha value is -2.12. The Balaban J connectivity index is 1.69. The zero-order chi connectivity index (χ0) is 18.6. The third-order valence-corrected chi connectivity index (χ3v) is 5.63. The fourth-order valence-corrected chi connectivity index (χ4v) is 4.56. The van der Waals surface area contributed by atoms with E-state index in [-0.39, 0.29) is 30.7 Å². The van der Waals surface area contributed by atoms with Gasteiger partial charge in [0.25, 0.3) is 0 Å². The Kier molecular flexibility index (Phi) is 5.78. The van der Waals surface area contributed by atoms with Crippen molar-refractivity contribution in [1.82, 2.24) is 9.88 Å². The highest BCUT2D eigenvalue weighted by Gasteiger charge is 2.39. The lowest BCUT2D eigenvalue weighted by Crippen LogP contribution is -2.30. The summed E-state index contributed by atoms with van der Waals surface area (Å²) in [5.74, 6) is -0.649. The van der Waals surface area contributed by atoms with E-state index in [0.717, 1.165) is 11.1 Å². The molecule has 0 bridgehead atoms. The second-order valence-corrected chi connectivity index (χ2v) is 9.13. The maximum absolute atomic E-state index is 12.4. The number of benzene rings is 1. The molecule has 0 saturated carbocycles. The van der Waals surface area contributed by atoms with Gasteiger partial charge in [-0.25, -0.2) is 13.2 Å². The molecule has 8 heteroatoms. The lowest BCUT2D eigenvalue weighted by molar-refractivity contribution is 0.103. The second-order valence-electron chi connectivity index (χ2n) is 6.30. The number of halogens is 1. The number of hydrogen-bond donors (Lipinski definition) is 0. The Morgan fingerprint density at radius 3 is 2.62 bits per heavy atom. The highest BCUT2D eigenvalue weighted by Crippen LogP contribution is 2.34. The molecule has 1 amide bonds. The van der Waals surface area contributed by atoms with Crippen LogP contribution in [0.15, 0.2) is 54.9 Å². The van der Waals surface area contributed by atoms with Gasteiger partial charge in [0, 0.05) is 48.0 Å². The van der Waals surface area contributed by atoms with Crippen molar-refractivity contribution in [1.29, 1.82) is 0 Å². The van der Waals surface area contributed by atoms with E-state index in [4.69, 9.17) is 15.4 Å². The van der Waals surface area contributed by atoms with E-state index < -0.39 is 15.1 Å². The van der Waals surface area contributed by atoms with Crippen LogP contribution < -0.4 is 0 Å². The number of rotatable bonds is 5. The van der Waals surface area contributed by atoms with Crippen molar-refractivity contribution in [3.05, 3.63) is 66.0 Å². The molecule has 138 valence electrons. The summed E-state index contributed by atoms with van der Waals surface area (Å²) in [6.07, 6.45) is 2.88. The van der Waals surface area contributed by atoms with E-state index in [1.54, 1.807) is 18.5 Å². The van der Waals surface area contributed by atoms with Crippen LogP contribution in [0.2, 0.25) is 0 Å². The zero-order valence-corrected chi connectivity index (χ0v) is 15.6. The molecular weight excluding hydrogens is 376 g/mol. The number of nitrogens with zero attached hydrogens (tertiary/aromatic N) is 2. The lowest BCUT2D eigenvalue weighted by Gasteiger charge is -2.16. The summed E-state index contributed by atoms with van der Waals surface area (Å²) >= 11 is 0. The topological polar surface area (TPSA) is 76.6 Å². The van der Waals surface area contributed by atoms with E-state index in [1.165, 1.54) is 4.90 Å². The Morgan fingerprint density at radius 2 is 1.96 bits per heavy atom. The van der Waals surface area contributed by atoms with Crippen LogP contribution in [0.1, 0.15) is 17.0 Å². The normalized spacial score (nSPS) is 20.1. The molecule has 2 atom stereocenters. The monoisotopic (exact) mass is 394 g/mol. The molecule has 2 aromatic rings. The zero-order valence-electron chi connectivity index (χ0n) is 14.0. The van der Waals surface area contributed by atoms with Crippen LogP contribution >= 0.6 is 10.7 Å². The molecule has 1 aliphatic heterocycles. The third-order valence-electron chi connectivity index (χ3n) is 4.43. The number of aromatic nitrogens is 1. The summed E-state index contributed by atoms with van der Waals surface area (Å²) in [6.45, 7) is 0.821. The van der Waals surface area contributed by atoms with Gasteiger partial charge in [0.1, 0.15) is 6.61 Å². The van der Waals surface area contributed by atoms with Gasteiger partial charge in [0.15, 0.2) is 0 Å². The van der Waals surface area contributed by atoms with Gasteiger partial charge >= 0.3 is 6.09 Å². The summed E-state index contributed by atoms with van der Waals surface area (Å²) in [4.78, 5) is 18.0. The molecular formula is C18H19ClN2O4S. The van der Waals surface area contributed by atoms with E-state index in [2.05, 4.69) is 4.98 Å². The maximum atomic E-state index is 12.4. The van der Waals surface area contributed by atoms with Crippen molar-refractivity contribution in [2.45, 2.75) is 12.5 Å². The smallest absolute Gasteiger partial charge is 0.410 e. The molecule has 0 spiro atoms. The fraction of sp³-hybridized carbons (Fsp3) is 0.333. The number of ether oxygens (including phenoxy) is 1. The minimum Gasteiger partial charge on any atom is -0.445 e. The average Bonchev–Trinajstić information content (AvgIpc) is 3.03. The summed E-state index contributed by atoms with van der Waals surface area (Å²) in [6, 6.07) is 13.1. The number of carbonyl (C=O) groups excluding carboxylic acids is 1.